The second-order valence-corrected chi connectivity index (χ2v) is 4.45. The van der Waals surface area contributed by atoms with Gasteiger partial charge in [0.15, 0.2) is 11.5 Å². The molecule has 23 heavy (non-hydrogen) atoms. The Morgan fingerprint density at radius 2 is 2.13 bits per heavy atom. The van der Waals surface area contributed by atoms with Crippen LogP contribution in [0.1, 0.15) is 12.5 Å². The summed E-state index contributed by atoms with van der Waals surface area (Å²) >= 11 is 0. The molecule has 0 amide bonds. The number of H-pyrrole nitrogens is 1. The molecule has 0 aliphatic carbocycles. The van der Waals surface area contributed by atoms with Crippen molar-refractivity contribution in [2.24, 2.45) is 0 Å². The van der Waals surface area contributed by atoms with Crippen LogP contribution in [0.25, 0.3) is 11.2 Å². The molecule has 10 heteroatoms. The van der Waals surface area contributed by atoms with Gasteiger partial charge in [0, 0.05) is 7.05 Å². The summed E-state index contributed by atoms with van der Waals surface area (Å²) in [6.07, 6.45) is 2.62. The van der Waals surface area contributed by atoms with Crippen molar-refractivity contribution in [2.75, 3.05) is 18.1 Å². The lowest BCUT2D eigenvalue weighted by Gasteiger charge is -2.07. The summed E-state index contributed by atoms with van der Waals surface area (Å²) < 4.78 is 2.05. The molecule has 0 aliphatic rings. The molecule has 3 aromatic rings. The molecule has 0 atom stereocenters. The van der Waals surface area contributed by atoms with Crippen LogP contribution in [0.15, 0.2) is 22.1 Å². The Bertz CT molecular complexity index is 1080. The third kappa shape index (κ3) is 2.20. The fourth-order valence-electron chi connectivity index (χ4n) is 2.13. The summed E-state index contributed by atoms with van der Waals surface area (Å²) in [7, 11) is 1.66. The highest BCUT2D eigenvalue weighted by atomic mass is 16.2. The average molecular weight is 312 g/mol. The molecule has 0 saturated carbocycles. The minimum atomic E-state index is -0.725. The molecular formula is C13H12N8O2. The average Bonchev–Trinajstić information content (AvgIpc) is 2.86. The number of nitrogens with zero attached hydrogens (tertiary/aromatic N) is 5. The van der Waals surface area contributed by atoms with Crippen molar-refractivity contribution in [1.82, 2.24) is 29.3 Å². The Labute approximate surface area is 129 Å². The zero-order valence-electron chi connectivity index (χ0n) is 12.3. The van der Waals surface area contributed by atoms with Gasteiger partial charge in [-0.15, -0.1) is 5.92 Å². The van der Waals surface area contributed by atoms with Crippen LogP contribution < -0.4 is 22.4 Å². The maximum atomic E-state index is 12.3. The first-order valence-electron chi connectivity index (χ1n) is 6.53. The molecule has 3 rings (SSSR count). The molecule has 0 aromatic carbocycles. The van der Waals surface area contributed by atoms with Crippen molar-refractivity contribution in [3.63, 3.8) is 0 Å². The normalized spacial score (nSPS) is 10.3. The van der Waals surface area contributed by atoms with Gasteiger partial charge in [-0.2, -0.15) is 14.3 Å². The van der Waals surface area contributed by atoms with Gasteiger partial charge in [-0.05, 0) is 6.92 Å². The van der Waals surface area contributed by atoms with E-state index in [-0.39, 0.29) is 11.5 Å². The number of rotatable bonds is 2. The smallest absolute Gasteiger partial charge is 0.369 e. The maximum Gasteiger partial charge on any atom is 0.369 e. The van der Waals surface area contributed by atoms with Crippen molar-refractivity contribution in [3.8, 4) is 11.8 Å². The first-order valence-corrected chi connectivity index (χ1v) is 6.53. The molecule has 0 bridgehead atoms. The van der Waals surface area contributed by atoms with Gasteiger partial charge >= 0.3 is 11.4 Å². The Kier molecular flexibility index (Phi) is 3.30. The number of hydrogen-bond donors (Lipinski definition) is 3. The summed E-state index contributed by atoms with van der Waals surface area (Å²) in [4.78, 5) is 38.8. The number of nitrogens with one attached hydrogen (secondary N) is 2. The quantitative estimate of drug-likeness (QED) is 0.515. The third-order valence-electron chi connectivity index (χ3n) is 3.10. The number of fused-ring (bicyclic) bond motifs is 1. The SMILES string of the molecule is CC#Cc1cn(-n2c(=O)[nH]c3c(NC)ncnc32)c(=O)nc1N. The molecule has 4 N–H and O–H groups in total. The summed E-state index contributed by atoms with van der Waals surface area (Å²) in [5, 5.41) is 2.84. The number of imidazole rings is 1. The highest BCUT2D eigenvalue weighted by Crippen LogP contribution is 2.14. The van der Waals surface area contributed by atoms with Crippen molar-refractivity contribution in [1.29, 1.82) is 0 Å². The van der Waals surface area contributed by atoms with Gasteiger partial charge in [0.1, 0.15) is 17.7 Å². The van der Waals surface area contributed by atoms with Gasteiger partial charge < -0.3 is 11.1 Å². The molecule has 0 fully saturated rings. The van der Waals surface area contributed by atoms with Gasteiger partial charge in [0.05, 0.1) is 11.8 Å². The predicted octanol–water partition coefficient (Wildman–Crippen LogP) is -1.02. The Hall–Kier alpha value is -3.61. The second-order valence-electron chi connectivity index (χ2n) is 4.45. The van der Waals surface area contributed by atoms with Crippen molar-refractivity contribution in [3.05, 3.63) is 39.1 Å². The fourth-order valence-corrected chi connectivity index (χ4v) is 2.13. The van der Waals surface area contributed by atoms with E-state index >= 15 is 0 Å². The number of aromatic amines is 1. The first kappa shape index (κ1) is 14.3. The molecule has 0 spiro atoms. The van der Waals surface area contributed by atoms with Crippen LogP contribution in [0.5, 0.6) is 0 Å². The van der Waals surface area contributed by atoms with E-state index in [0.29, 0.717) is 16.9 Å². The highest BCUT2D eigenvalue weighted by molar-refractivity contribution is 5.82. The maximum absolute atomic E-state index is 12.3. The van der Waals surface area contributed by atoms with E-state index in [0.717, 1.165) is 9.35 Å². The molecule has 0 saturated heterocycles. The van der Waals surface area contributed by atoms with Crippen LogP contribution in [-0.4, -0.2) is 36.3 Å². The second kappa shape index (κ2) is 5.30. The van der Waals surface area contributed by atoms with Crippen LogP contribution in [0, 0.1) is 11.8 Å². The Morgan fingerprint density at radius 3 is 2.83 bits per heavy atom. The Balaban J connectivity index is 2.40. The van der Waals surface area contributed by atoms with E-state index in [2.05, 4.69) is 37.1 Å². The zero-order chi connectivity index (χ0) is 16.6. The predicted molar refractivity (Wildman–Crippen MR) is 84.0 cm³/mol. The number of anilines is 2. The summed E-state index contributed by atoms with van der Waals surface area (Å²) in [5.41, 5.74) is 5.29. The number of nitrogen functional groups attached to an aromatic ring is 1. The van der Waals surface area contributed by atoms with Crippen molar-refractivity contribution < 1.29 is 0 Å². The van der Waals surface area contributed by atoms with Crippen LogP contribution in [0.3, 0.4) is 0 Å². The molecule has 10 nitrogen and oxygen atoms in total. The lowest BCUT2D eigenvalue weighted by atomic mass is 10.3. The van der Waals surface area contributed by atoms with E-state index < -0.39 is 11.4 Å². The van der Waals surface area contributed by atoms with Gasteiger partial charge in [-0.3, -0.25) is 4.98 Å². The molecular weight excluding hydrogens is 300 g/mol. The molecule has 116 valence electrons. The summed E-state index contributed by atoms with van der Waals surface area (Å²) in [6.45, 7) is 1.62. The topological polar surface area (TPSA) is 137 Å². The number of aromatic nitrogens is 6. The summed E-state index contributed by atoms with van der Waals surface area (Å²) in [6, 6.07) is 0. The Morgan fingerprint density at radius 1 is 1.35 bits per heavy atom. The molecule has 0 aliphatic heterocycles. The van der Waals surface area contributed by atoms with Crippen LogP contribution in [-0.2, 0) is 0 Å². The molecule has 0 unspecified atom stereocenters. The first-order chi connectivity index (χ1) is 11.1. The minimum absolute atomic E-state index is 0.000898. The third-order valence-corrected chi connectivity index (χ3v) is 3.10. The van der Waals surface area contributed by atoms with E-state index in [1.54, 1.807) is 14.0 Å². The van der Waals surface area contributed by atoms with Crippen molar-refractivity contribution in [2.45, 2.75) is 6.92 Å². The lowest BCUT2D eigenvalue weighted by molar-refractivity contribution is 0.602. The minimum Gasteiger partial charge on any atom is -0.382 e. The van der Waals surface area contributed by atoms with Crippen LogP contribution in [0.2, 0.25) is 0 Å². The zero-order valence-corrected chi connectivity index (χ0v) is 12.3. The van der Waals surface area contributed by atoms with E-state index in [1.807, 2.05) is 0 Å². The van der Waals surface area contributed by atoms with E-state index in [1.165, 1.54) is 12.5 Å². The van der Waals surface area contributed by atoms with Gasteiger partial charge in [0.2, 0.25) is 0 Å². The number of nitrogens with two attached hydrogens (primary N) is 1. The van der Waals surface area contributed by atoms with Gasteiger partial charge in [-0.25, -0.2) is 19.6 Å². The standard InChI is InChI=1S/C13H12N8O2/c1-3-4-7-5-20(12(22)19-9(7)14)21-11-8(18-13(21)23)10(15-2)16-6-17-11/h5-6H,1-2H3,(H,18,23)(H2,14,19,22)(H,15,16,17). The van der Waals surface area contributed by atoms with Gasteiger partial charge in [-0.1, -0.05) is 5.92 Å². The molecule has 0 radical (unpaired) electrons. The van der Waals surface area contributed by atoms with Crippen LogP contribution >= 0.6 is 0 Å². The largest absolute Gasteiger partial charge is 0.382 e. The monoisotopic (exact) mass is 312 g/mol. The summed E-state index contributed by atoms with van der Waals surface area (Å²) in [5.74, 6) is 5.82. The van der Waals surface area contributed by atoms with Crippen LogP contribution in [0.4, 0.5) is 11.6 Å². The molecule has 3 heterocycles. The molecule has 3 aromatic heterocycles. The highest BCUT2D eigenvalue weighted by Gasteiger charge is 2.15. The van der Waals surface area contributed by atoms with Crippen molar-refractivity contribution >= 4 is 22.8 Å². The fraction of sp³-hybridized carbons (Fsp3) is 0.154. The number of hydrogen-bond acceptors (Lipinski definition) is 7. The van der Waals surface area contributed by atoms with E-state index in [9.17, 15) is 9.59 Å². The lowest BCUT2D eigenvalue weighted by Crippen LogP contribution is -2.35. The van der Waals surface area contributed by atoms with Gasteiger partial charge in [0.25, 0.3) is 0 Å². The van der Waals surface area contributed by atoms with E-state index in [4.69, 9.17) is 5.73 Å².